The van der Waals surface area contributed by atoms with Gasteiger partial charge in [0.05, 0.1) is 6.54 Å². The van der Waals surface area contributed by atoms with Crippen molar-refractivity contribution in [3.8, 4) is 11.4 Å². The molecule has 4 rings (SSSR count). The Morgan fingerprint density at radius 3 is 2.26 bits per heavy atom. The SMILES string of the molecule is CN(C)C(c1ccccc1)C1CCC(NC(=O)CNC(=O)c2nc(-c3ccc(C(C)(C)C)cc3)no2)CC1. The maximum atomic E-state index is 12.5. The monoisotopic (exact) mass is 517 g/mol. The molecule has 38 heavy (non-hydrogen) atoms. The Hall–Kier alpha value is -3.52. The van der Waals surface area contributed by atoms with Crippen molar-refractivity contribution in [2.24, 2.45) is 5.92 Å². The first-order valence-corrected chi connectivity index (χ1v) is 13.4. The fourth-order valence-electron chi connectivity index (χ4n) is 5.29. The molecule has 8 nitrogen and oxygen atoms in total. The maximum absolute atomic E-state index is 12.5. The van der Waals surface area contributed by atoms with Gasteiger partial charge < -0.3 is 20.1 Å². The van der Waals surface area contributed by atoms with Crippen LogP contribution in [0.4, 0.5) is 0 Å². The Kier molecular flexibility index (Phi) is 8.62. The molecule has 1 aliphatic carbocycles. The van der Waals surface area contributed by atoms with Gasteiger partial charge in [-0.2, -0.15) is 4.98 Å². The van der Waals surface area contributed by atoms with E-state index in [4.69, 9.17) is 4.52 Å². The van der Waals surface area contributed by atoms with Crippen LogP contribution in [0, 0.1) is 5.92 Å². The Morgan fingerprint density at radius 1 is 1.00 bits per heavy atom. The molecular formula is C30H39N5O3. The molecule has 0 saturated heterocycles. The summed E-state index contributed by atoms with van der Waals surface area (Å²) in [6.45, 7) is 6.30. The van der Waals surface area contributed by atoms with Crippen molar-refractivity contribution < 1.29 is 14.1 Å². The van der Waals surface area contributed by atoms with Crippen LogP contribution in [0.15, 0.2) is 59.1 Å². The van der Waals surface area contributed by atoms with Crippen molar-refractivity contribution in [1.29, 1.82) is 0 Å². The number of rotatable bonds is 8. The van der Waals surface area contributed by atoms with Crippen molar-refractivity contribution in [1.82, 2.24) is 25.7 Å². The minimum absolute atomic E-state index is 0.0392. The summed E-state index contributed by atoms with van der Waals surface area (Å²) < 4.78 is 5.14. The van der Waals surface area contributed by atoms with Gasteiger partial charge in [0.25, 0.3) is 0 Å². The molecule has 1 aliphatic rings. The first-order chi connectivity index (χ1) is 18.1. The number of nitrogens with zero attached hydrogens (tertiary/aromatic N) is 3. The molecule has 0 bridgehead atoms. The topological polar surface area (TPSA) is 100 Å². The number of carbonyl (C=O) groups excluding carboxylic acids is 2. The fourth-order valence-corrected chi connectivity index (χ4v) is 5.29. The predicted octanol–water partition coefficient (Wildman–Crippen LogP) is 4.74. The lowest BCUT2D eigenvalue weighted by atomic mass is 9.78. The van der Waals surface area contributed by atoms with Crippen molar-refractivity contribution in [3.05, 3.63) is 71.6 Å². The van der Waals surface area contributed by atoms with Crippen molar-refractivity contribution in [2.75, 3.05) is 20.6 Å². The standard InChI is InChI=1S/C30H39N5O3/c1-30(2,3)23-15-11-22(12-16-23)27-33-29(38-34-27)28(37)31-19-25(36)32-24-17-13-21(14-18-24)26(35(4)5)20-9-7-6-8-10-20/h6-12,15-16,21,24,26H,13-14,17-19H2,1-5H3,(H,31,37)(H,32,36). The molecule has 3 aromatic rings. The lowest BCUT2D eigenvalue weighted by molar-refractivity contribution is -0.121. The highest BCUT2D eigenvalue weighted by atomic mass is 16.5. The number of amides is 2. The summed E-state index contributed by atoms with van der Waals surface area (Å²) in [6.07, 6.45) is 3.91. The average molecular weight is 518 g/mol. The van der Waals surface area contributed by atoms with Gasteiger partial charge in [0, 0.05) is 17.6 Å². The second-order valence-electron chi connectivity index (χ2n) is 11.4. The highest BCUT2D eigenvalue weighted by Crippen LogP contribution is 2.37. The normalized spacial score (nSPS) is 18.7. The van der Waals surface area contributed by atoms with Crippen LogP contribution in [-0.2, 0) is 10.2 Å². The first kappa shape index (κ1) is 27.5. The predicted molar refractivity (Wildman–Crippen MR) is 148 cm³/mol. The Balaban J connectivity index is 1.24. The van der Waals surface area contributed by atoms with Crippen molar-refractivity contribution >= 4 is 11.8 Å². The minimum atomic E-state index is -0.564. The fraction of sp³-hybridized carbons (Fsp3) is 0.467. The van der Waals surface area contributed by atoms with Gasteiger partial charge >= 0.3 is 11.8 Å². The van der Waals surface area contributed by atoms with Crippen molar-refractivity contribution in [3.63, 3.8) is 0 Å². The minimum Gasteiger partial charge on any atom is -0.352 e. The summed E-state index contributed by atoms with van der Waals surface area (Å²) in [5.41, 5.74) is 3.32. The maximum Gasteiger partial charge on any atom is 0.316 e. The van der Waals surface area contributed by atoms with Crippen LogP contribution in [0.5, 0.6) is 0 Å². The van der Waals surface area contributed by atoms with Gasteiger partial charge in [0.2, 0.25) is 11.7 Å². The third kappa shape index (κ3) is 6.86. The van der Waals surface area contributed by atoms with Crippen LogP contribution >= 0.6 is 0 Å². The van der Waals surface area contributed by atoms with Gasteiger partial charge in [0.1, 0.15) is 0 Å². The molecule has 2 N–H and O–H groups in total. The van der Waals surface area contributed by atoms with E-state index in [2.05, 4.69) is 84.8 Å². The van der Waals surface area contributed by atoms with Gasteiger partial charge in [-0.15, -0.1) is 0 Å². The molecule has 2 aromatic carbocycles. The largest absolute Gasteiger partial charge is 0.352 e. The van der Waals surface area contributed by atoms with Crippen LogP contribution in [0.1, 0.15) is 74.3 Å². The molecule has 1 saturated carbocycles. The van der Waals surface area contributed by atoms with Gasteiger partial charge in [-0.1, -0.05) is 80.5 Å². The van der Waals surface area contributed by atoms with E-state index >= 15 is 0 Å². The molecule has 1 unspecified atom stereocenters. The quantitative estimate of drug-likeness (QED) is 0.448. The first-order valence-electron chi connectivity index (χ1n) is 13.4. The zero-order valence-corrected chi connectivity index (χ0v) is 23.0. The van der Waals surface area contributed by atoms with Gasteiger partial charge in [-0.3, -0.25) is 9.59 Å². The molecule has 0 radical (unpaired) electrons. The van der Waals surface area contributed by atoms with E-state index in [-0.39, 0.29) is 29.8 Å². The van der Waals surface area contributed by atoms with Gasteiger partial charge in [0.15, 0.2) is 0 Å². The van der Waals surface area contributed by atoms with Crippen molar-refractivity contribution in [2.45, 2.75) is 64.0 Å². The lowest BCUT2D eigenvalue weighted by Gasteiger charge is -2.37. The van der Waals surface area contributed by atoms with E-state index in [1.165, 1.54) is 11.1 Å². The molecular weight excluding hydrogens is 478 g/mol. The number of hydrogen-bond acceptors (Lipinski definition) is 6. The third-order valence-corrected chi connectivity index (χ3v) is 7.32. The molecule has 8 heteroatoms. The Labute approximate surface area is 225 Å². The van der Waals surface area contributed by atoms with E-state index in [9.17, 15) is 9.59 Å². The van der Waals surface area contributed by atoms with E-state index in [1.54, 1.807) is 0 Å². The second-order valence-corrected chi connectivity index (χ2v) is 11.4. The molecule has 1 fully saturated rings. The molecule has 2 amide bonds. The number of aromatic nitrogens is 2. The Morgan fingerprint density at radius 2 is 1.66 bits per heavy atom. The van der Waals surface area contributed by atoms with Gasteiger partial charge in [-0.25, -0.2) is 0 Å². The van der Waals surface area contributed by atoms with Crippen LogP contribution in [0.2, 0.25) is 0 Å². The molecule has 1 heterocycles. The zero-order valence-electron chi connectivity index (χ0n) is 23.0. The molecule has 0 aliphatic heterocycles. The summed E-state index contributed by atoms with van der Waals surface area (Å²) in [4.78, 5) is 31.5. The van der Waals surface area contributed by atoms with E-state index in [0.717, 1.165) is 31.2 Å². The summed E-state index contributed by atoms with van der Waals surface area (Å²) in [5, 5.41) is 9.58. The van der Waals surface area contributed by atoms with Crippen LogP contribution in [0.25, 0.3) is 11.4 Å². The third-order valence-electron chi connectivity index (χ3n) is 7.32. The van der Waals surface area contributed by atoms with Gasteiger partial charge in [-0.05, 0) is 62.2 Å². The number of hydrogen-bond donors (Lipinski definition) is 2. The second kappa shape index (κ2) is 11.9. The van der Waals surface area contributed by atoms with E-state index in [1.807, 2.05) is 30.3 Å². The van der Waals surface area contributed by atoms with E-state index in [0.29, 0.717) is 17.8 Å². The summed E-state index contributed by atoms with van der Waals surface area (Å²) in [7, 11) is 4.26. The summed E-state index contributed by atoms with van der Waals surface area (Å²) in [6, 6.07) is 18.9. The van der Waals surface area contributed by atoms with E-state index < -0.39 is 5.91 Å². The van der Waals surface area contributed by atoms with Crippen LogP contribution in [0.3, 0.4) is 0 Å². The number of carbonyl (C=O) groups is 2. The molecule has 0 spiro atoms. The van der Waals surface area contributed by atoms with Crippen LogP contribution in [-0.4, -0.2) is 53.5 Å². The molecule has 1 atom stereocenters. The smallest absolute Gasteiger partial charge is 0.316 e. The summed E-state index contributed by atoms with van der Waals surface area (Å²) in [5.74, 6) is -0.0685. The molecule has 202 valence electrons. The lowest BCUT2D eigenvalue weighted by Crippen LogP contribution is -2.44. The Bertz CT molecular complexity index is 1210. The zero-order chi connectivity index (χ0) is 27.3. The average Bonchev–Trinajstić information content (AvgIpc) is 3.39. The highest BCUT2D eigenvalue weighted by Gasteiger charge is 2.30. The highest BCUT2D eigenvalue weighted by molar-refractivity contribution is 5.93. The van der Waals surface area contributed by atoms with Crippen LogP contribution < -0.4 is 10.6 Å². The molecule has 1 aromatic heterocycles. The summed E-state index contributed by atoms with van der Waals surface area (Å²) >= 11 is 0. The number of nitrogens with one attached hydrogen (secondary N) is 2. The number of benzene rings is 2.